The van der Waals surface area contributed by atoms with Crippen LogP contribution >= 0.6 is 11.6 Å². The minimum Gasteiger partial charge on any atom is -0.493 e. The molecule has 2 rings (SSSR count). The first-order chi connectivity index (χ1) is 10.2. The summed E-state index contributed by atoms with van der Waals surface area (Å²) in [5, 5.41) is 0.277. The largest absolute Gasteiger partial charge is 0.493 e. The molecule has 0 fully saturated rings. The number of carbonyl (C=O) groups is 1. The zero-order valence-electron chi connectivity index (χ0n) is 11.6. The molecule has 5 nitrogen and oxygen atoms in total. The molecule has 1 aromatic heterocycles. The Labute approximate surface area is 127 Å². The summed E-state index contributed by atoms with van der Waals surface area (Å²) >= 11 is 6.15. The summed E-state index contributed by atoms with van der Waals surface area (Å²) in [6.45, 7) is 0.293. The van der Waals surface area contributed by atoms with E-state index >= 15 is 0 Å². The number of aromatic nitrogens is 1. The van der Waals surface area contributed by atoms with Crippen molar-refractivity contribution < 1.29 is 19.0 Å². The van der Waals surface area contributed by atoms with Crippen LogP contribution in [0.5, 0.6) is 11.5 Å². The van der Waals surface area contributed by atoms with E-state index in [2.05, 4.69) is 9.72 Å². The van der Waals surface area contributed by atoms with Crippen molar-refractivity contribution in [3.8, 4) is 11.5 Å². The number of hydrogen-bond acceptors (Lipinski definition) is 5. The highest BCUT2D eigenvalue weighted by atomic mass is 35.5. The van der Waals surface area contributed by atoms with Crippen LogP contribution in [-0.2, 0) is 11.3 Å². The number of methoxy groups -OCH3 is 2. The van der Waals surface area contributed by atoms with E-state index in [4.69, 9.17) is 21.1 Å². The highest BCUT2D eigenvalue weighted by Gasteiger charge is 2.16. The Balaban J connectivity index is 2.24. The van der Waals surface area contributed by atoms with Gasteiger partial charge < -0.3 is 14.2 Å². The van der Waals surface area contributed by atoms with Crippen LogP contribution in [0.25, 0.3) is 0 Å². The number of esters is 1. The fourth-order valence-electron chi connectivity index (χ4n) is 1.73. The van der Waals surface area contributed by atoms with Crippen molar-refractivity contribution in [1.82, 2.24) is 4.98 Å². The van der Waals surface area contributed by atoms with Crippen molar-refractivity contribution >= 4 is 17.6 Å². The van der Waals surface area contributed by atoms with Crippen LogP contribution < -0.4 is 9.47 Å². The van der Waals surface area contributed by atoms with Crippen molar-refractivity contribution in [2.24, 2.45) is 0 Å². The predicted octanol–water partition coefficient (Wildman–Crippen LogP) is 3.11. The zero-order chi connectivity index (χ0) is 15.2. The number of carbonyl (C=O) groups excluding carboxylic acids is 1. The molecule has 0 bridgehead atoms. The van der Waals surface area contributed by atoms with Crippen LogP contribution in [0.3, 0.4) is 0 Å². The molecule has 0 saturated heterocycles. The van der Waals surface area contributed by atoms with Gasteiger partial charge >= 0.3 is 5.97 Å². The summed E-state index contributed by atoms with van der Waals surface area (Å²) in [6.07, 6.45) is 3.38. The Kier molecular flexibility index (Phi) is 5.00. The Bertz CT molecular complexity index is 631. The van der Waals surface area contributed by atoms with Crippen LogP contribution in [-0.4, -0.2) is 25.2 Å². The molecule has 0 N–H and O–H groups in total. The highest BCUT2D eigenvalue weighted by Crippen LogP contribution is 2.37. The average Bonchev–Trinajstić information content (AvgIpc) is 2.53. The Hall–Kier alpha value is -2.27. The molecule has 2 aromatic rings. The van der Waals surface area contributed by atoms with E-state index in [9.17, 15) is 4.79 Å². The quantitative estimate of drug-likeness (QED) is 0.794. The number of ether oxygens (including phenoxy) is 3. The first kappa shape index (κ1) is 15.1. The van der Waals surface area contributed by atoms with E-state index in [0.29, 0.717) is 23.7 Å². The highest BCUT2D eigenvalue weighted by molar-refractivity contribution is 6.32. The molecule has 0 aliphatic heterocycles. The second-order valence-electron chi connectivity index (χ2n) is 4.13. The van der Waals surface area contributed by atoms with E-state index < -0.39 is 5.97 Å². The topological polar surface area (TPSA) is 57.7 Å². The number of nitrogens with zero attached hydrogens (tertiary/aromatic N) is 1. The minimum absolute atomic E-state index is 0.277. The van der Waals surface area contributed by atoms with Crippen molar-refractivity contribution in [2.75, 3.05) is 14.2 Å². The van der Waals surface area contributed by atoms with Crippen molar-refractivity contribution in [1.29, 1.82) is 0 Å². The fraction of sp³-hybridized carbons (Fsp3) is 0.200. The van der Waals surface area contributed by atoms with Gasteiger partial charge in [-0.3, -0.25) is 4.98 Å². The van der Waals surface area contributed by atoms with E-state index in [0.717, 1.165) is 5.56 Å². The average molecular weight is 308 g/mol. The number of hydrogen-bond donors (Lipinski definition) is 0. The third kappa shape index (κ3) is 3.64. The molecule has 1 heterocycles. The molecule has 0 radical (unpaired) electrons. The molecule has 0 saturated carbocycles. The van der Waals surface area contributed by atoms with Gasteiger partial charge in [0.05, 0.1) is 24.8 Å². The van der Waals surface area contributed by atoms with Gasteiger partial charge in [-0.25, -0.2) is 4.79 Å². The Morgan fingerprint density at radius 3 is 2.76 bits per heavy atom. The maximum atomic E-state index is 11.5. The molecular formula is C15H14ClNO4. The van der Waals surface area contributed by atoms with Crippen LogP contribution in [0.2, 0.25) is 5.02 Å². The number of benzene rings is 1. The third-order valence-corrected chi connectivity index (χ3v) is 3.04. The van der Waals surface area contributed by atoms with Gasteiger partial charge in [0, 0.05) is 18.0 Å². The molecule has 110 valence electrons. The van der Waals surface area contributed by atoms with Gasteiger partial charge in [0.1, 0.15) is 6.61 Å². The summed E-state index contributed by atoms with van der Waals surface area (Å²) in [5.41, 5.74) is 1.20. The van der Waals surface area contributed by atoms with Crippen LogP contribution in [0.4, 0.5) is 0 Å². The maximum Gasteiger partial charge on any atom is 0.338 e. The molecule has 1 aromatic carbocycles. The van der Waals surface area contributed by atoms with E-state index in [1.807, 2.05) is 12.1 Å². The van der Waals surface area contributed by atoms with Gasteiger partial charge in [-0.15, -0.1) is 0 Å². The van der Waals surface area contributed by atoms with Gasteiger partial charge in [0.2, 0.25) is 0 Å². The second-order valence-corrected chi connectivity index (χ2v) is 4.54. The molecular weight excluding hydrogens is 294 g/mol. The lowest BCUT2D eigenvalue weighted by molar-refractivity contribution is 0.0600. The molecule has 0 spiro atoms. The summed E-state index contributed by atoms with van der Waals surface area (Å²) in [4.78, 5) is 15.5. The Morgan fingerprint density at radius 2 is 2.14 bits per heavy atom. The van der Waals surface area contributed by atoms with Gasteiger partial charge in [-0.1, -0.05) is 17.7 Å². The first-order valence-corrected chi connectivity index (χ1v) is 6.51. The fourth-order valence-corrected chi connectivity index (χ4v) is 2.00. The smallest absolute Gasteiger partial charge is 0.338 e. The van der Waals surface area contributed by atoms with E-state index in [1.54, 1.807) is 12.4 Å². The van der Waals surface area contributed by atoms with Crippen molar-refractivity contribution in [2.45, 2.75) is 6.61 Å². The third-order valence-electron chi connectivity index (χ3n) is 2.76. The first-order valence-electron chi connectivity index (χ1n) is 6.13. The van der Waals surface area contributed by atoms with Gasteiger partial charge in [0.15, 0.2) is 11.5 Å². The van der Waals surface area contributed by atoms with E-state index in [-0.39, 0.29) is 5.02 Å². The maximum absolute atomic E-state index is 11.5. The lowest BCUT2D eigenvalue weighted by Gasteiger charge is -2.13. The van der Waals surface area contributed by atoms with Crippen LogP contribution in [0.1, 0.15) is 15.9 Å². The summed E-state index contributed by atoms with van der Waals surface area (Å²) in [6, 6.07) is 6.71. The molecule has 0 amide bonds. The van der Waals surface area contributed by atoms with E-state index in [1.165, 1.54) is 26.4 Å². The molecule has 0 aliphatic carbocycles. The zero-order valence-corrected chi connectivity index (χ0v) is 12.4. The number of halogens is 1. The molecule has 21 heavy (non-hydrogen) atoms. The summed E-state index contributed by atoms with van der Waals surface area (Å²) in [7, 11) is 2.78. The second kappa shape index (κ2) is 6.95. The summed E-state index contributed by atoms with van der Waals surface area (Å²) in [5.74, 6) is 0.247. The van der Waals surface area contributed by atoms with Gasteiger partial charge in [0.25, 0.3) is 0 Å². The number of pyridine rings is 1. The van der Waals surface area contributed by atoms with Crippen LogP contribution in [0, 0.1) is 0 Å². The van der Waals surface area contributed by atoms with Gasteiger partial charge in [-0.05, 0) is 18.2 Å². The van der Waals surface area contributed by atoms with Crippen LogP contribution in [0.15, 0.2) is 36.7 Å². The lowest BCUT2D eigenvalue weighted by atomic mass is 10.2. The van der Waals surface area contributed by atoms with Crippen molar-refractivity contribution in [3.05, 3.63) is 52.8 Å². The SMILES string of the molecule is COC(=O)c1cc(Cl)c(OCc2cccnc2)c(OC)c1. The molecule has 0 aliphatic rings. The number of rotatable bonds is 5. The molecule has 0 unspecified atom stereocenters. The Morgan fingerprint density at radius 1 is 1.33 bits per heavy atom. The standard InChI is InChI=1S/C15H14ClNO4/c1-19-13-7-11(15(18)20-2)6-12(16)14(13)21-9-10-4-3-5-17-8-10/h3-8H,9H2,1-2H3. The van der Waals surface area contributed by atoms with Crippen molar-refractivity contribution in [3.63, 3.8) is 0 Å². The minimum atomic E-state index is -0.492. The van der Waals surface area contributed by atoms with Gasteiger partial charge in [-0.2, -0.15) is 0 Å². The predicted molar refractivity (Wildman–Crippen MR) is 77.9 cm³/mol. The molecule has 0 atom stereocenters. The normalized spacial score (nSPS) is 10.0. The monoisotopic (exact) mass is 307 g/mol. The molecule has 6 heteroatoms. The summed E-state index contributed by atoms with van der Waals surface area (Å²) < 4.78 is 15.5. The lowest BCUT2D eigenvalue weighted by Crippen LogP contribution is -2.04.